The van der Waals surface area contributed by atoms with Crippen LogP contribution in [0.3, 0.4) is 0 Å². The number of nitrogens with zero attached hydrogens (tertiary/aromatic N) is 2. The zero-order valence-corrected chi connectivity index (χ0v) is 20.1. The lowest BCUT2D eigenvalue weighted by atomic mass is 9.92. The Morgan fingerprint density at radius 2 is 1.62 bits per heavy atom. The van der Waals surface area contributed by atoms with Crippen molar-refractivity contribution in [2.75, 3.05) is 24.3 Å². The van der Waals surface area contributed by atoms with Crippen LogP contribution in [0.15, 0.2) is 18.2 Å². The Kier molecular flexibility index (Phi) is 8.73. The minimum absolute atomic E-state index is 0.0155. The van der Waals surface area contributed by atoms with E-state index in [0.717, 1.165) is 16.9 Å². The maximum atomic E-state index is 13.2. The summed E-state index contributed by atoms with van der Waals surface area (Å²) in [5, 5.41) is 3.00. The van der Waals surface area contributed by atoms with Gasteiger partial charge in [-0.25, -0.2) is 0 Å². The van der Waals surface area contributed by atoms with Crippen LogP contribution in [-0.4, -0.2) is 36.9 Å². The molecule has 0 saturated heterocycles. The second kappa shape index (κ2) is 10.1. The zero-order valence-electron chi connectivity index (χ0n) is 20.1. The highest BCUT2D eigenvalue weighted by molar-refractivity contribution is 5.91. The fourth-order valence-corrected chi connectivity index (χ4v) is 3.18. The van der Waals surface area contributed by atoms with E-state index < -0.39 is 5.41 Å². The molecule has 0 aliphatic carbocycles. The third-order valence-electron chi connectivity index (χ3n) is 5.14. The molecule has 0 aliphatic heterocycles. The van der Waals surface area contributed by atoms with Gasteiger partial charge >= 0.3 is 0 Å². The van der Waals surface area contributed by atoms with Gasteiger partial charge in [0.2, 0.25) is 11.8 Å². The average molecular weight is 404 g/mol. The van der Waals surface area contributed by atoms with Crippen molar-refractivity contribution in [3.05, 3.63) is 23.8 Å². The Bertz CT molecular complexity index is 703. The molecule has 5 heteroatoms. The summed E-state index contributed by atoms with van der Waals surface area (Å²) in [6.45, 7) is 16.9. The molecule has 0 saturated carbocycles. The van der Waals surface area contributed by atoms with Gasteiger partial charge in [-0.05, 0) is 42.5 Å². The van der Waals surface area contributed by atoms with Crippen molar-refractivity contribution in [1.82, 2.24) is 4.90 Å². The molecule has 5 nitrogen and oxygen atoms in total. The van der Waals surface area contributed by atoms with Crippen LogP contribution < -0.4 is 10.2 Å². The van der Waals surface area contributed by atoms with E-state index in [2.05, 4.69) is 31.0 Å². The average Bonchev–Trinajstić information content (AvgIpc) is 2.56. The van der Waals surface area contributed by atoms with E-state index in [9.17, 15) is 9.59 Å². The van der Waals surface area contributed by atoms with E-state index in [1.807, 2.05) is 71.8 Å². The summed E-state index contributed by atoms with van der Waals surface area (Å²) >= 11 is 0. The summed E-state index contributed by atoms with van der Waals surface area (Å²) in [5.74, 6) is 0.805. The van der Waals surface area contributed by atoms with Crippen molar-refractivity contribution in [1.29, 1.82) is 0 Å². The third-order valence-corrected chi connectivity index (χ3v) is 5.14. The highest BCUT2D eigenvalue weighted by atomic mass is 16.2. The summed E-state index contributed by atoms with van der Waals surface area (Å²) in [6, 6.07) is 6.05. The number of rotatable bonds is 8. The first kappa shape index (κ1) is 25.0. The molecule has 29 heavy (non-hydrogen) atoms. The monoisotopic (exact) mass is 403 g/mol. The summed E-state index contributed by atoms with van der Waals surface area (Å²) in [5.41, 5.74) is 2.40. The van der Waals surface area contributed by atoms with E-state index in [4.69, 9.17) is 0 Å². The molecule has 0 aromatic heterocycles. The first-order valence-electron chi connectivity index (χ1n) is 10.6. The second-order valence-corrected chi connectivity index (χ2v) is 10.1. The number of carbonyl (C=O) groups is 2. The van der Waals surface area contributed by atoms with Crippen molar-refractivity contribution in [2.24, 2.45) is 17.3 Å². The maximum Gasteiger partial charge on any atom is 0.228 e. The van der Waals surface area contributed by atoms with Crippen LogP contribution in [0.1, 0.15) is 67.4 Å². The van der Waals surface area contributed by atoms with Crippen molar-refractivity contribution >= 4 is 23.2 Å². The van der Waals surface area contributed by atoms with E-state index in [1.165, 1.54) is 0 Å². The van der Waals surface area contributed by atoms with E-state index in [1.54, 1.807) is 0 Å². The van der Waals surface area contributed by atoms with Gasteiger partial charge in [0, 0.05) is 49.9 Å². The molecule has 1 aromatic rings. The molecule has 1 N–H and O–H groups in total. The predicted octanol–water partition coefficient (Wildman–Crippen LogP) is 5.16. The summed E-state index contributed by atoms with van der Waals surface area (Å²) in [7, 11) is 4.00. The Balaban J connectivity index is 3.30. The van der Waals surface area contributed by atoms with E-state index in [0.29, 0.717) is 24.8 Å². The zero-order chi connectivity index (χ0) is 22.5. The van der Waals surface area contributed by atoms with Crippen molar-refractivity contribution < 1.29 is 9.59 Å². The van der Waals surface area contributed by atoms with Crippen LogP contribution in [-0.2, 0) is 16.1 Å². The Hall–Kier alpha value is -2.04. The lowest BCUT2D eigenvalue weighted by Crippen LogP contribution is -2.46. The second-order valence-electron chi connectivity index (χ2n) is 10.1. The third kappa shape index (κ3) is 7.37. The molecule has 0 bridgehead atoms. The summed E-state index contributed by atoms with van der Waals surface area (Å²) < 4.78 is 0. The number of anilines is 2. The Morgan fingerprint density at radius 1 is 1.03 bits per heavy atom. The number of benzene rings is 1. The van der Waals surface area contributed by atoms with Crippen LogP contribution in [0.4, 0.5) is 11.4 Å². The minimum Gasteiger partial charge on any atom is -0.377 e. The SMILES string of the molecule is CC(C)CC(=O)Nc1ccc(N(C)C)c(CN(C(=O)C(C)(C)C)C(C)C(C)C)c1. The number of hydrogen-bond acceptors (Lipinski definition) is 3. The molecule has 2 amide bonds. The topological polar surface area (TPSA) is 52.7 Å². The van der Waals surface area contributed by atoms with Gasteiger partial charge in [-0.2, -0.15) is 0 Å². The van der Waals surface area contributed by atoms with Crippen molar-refractivity contribution in [3.63, 3.8) is 0 Å². The van der Waals surface area contributed by atoms with Crippen LogP contribution in [0.5, 0.6) is 0 Å². The molecule has 0 fully saturated rings. The van der Waals surface area contributed by atoms with Gasteiger partial charge in [-0.15, -0.1) is 0 Å². The van der Waals surface area contributed by atoms with E-state index >= 15 is 0 Å². The van der Waals surface area contributed by atoms with Gasteiger partial charge in [0.15, 0.2) is 0 Å². The van der Waals surface area contributed by atoms with Gasteiger partial charge in [0.25, 0.3) is 0 Å². The van der Waals surface area contributed by atoms with Crippen LogP contribution in [0.25, 0.3) is 0 Å². The molecule has 1 rings (SSSR count). The van der Waals surface area contributed by atoms with Crippen molar-refractivity contribution in [3.8, 4) is 0 Å². The first-order chi connectivity index (χ1) is 13.2. The fourth-order valence-electron chi connectivity index (χ4n) is 3.18. The molecule has 1 unspecified atom stereocenters. The van der Waals surface area contributed by atoms with Crippen LogP contribution in [0, 0.1) is 17.3 Å². The standard InChI is InChI=1S/C24H41N3O2/c1-16(2)13-22(28)25-20-11-12-21(26(9)10)19(14-20)15-27(18(5)17(3)4)23(29)24(6,7)8/h11-12,14,16-18H,13,15H2,1-10H3,(H,25,28). The number of carbonyl (C=O) groups excluding carboxylic acids is 2. The smallest absolute Gasteiger partial charge is 0.228 e. The maximum absolute atomic E-state index is 13.2. The number of amides is 2. The number of nitrogens with one attached hydrogen (secondary N) is 1. The highest BCUT2D eigenvalue weighted by Gasteiger charge is 2.32. The van der Waals surface area contributed by atoms with Gasteiger partial charge < -0.3 is 15.1 Å². The highest BCUT2D eigenvalue weighted by Crippen LogP contribution is 2.29. The summed E-state index contributed by atoms with van der Waals surface area (Å²) in [4.78, 5) is 29.5. The van der Waals surface area contributed by atoms with Crippen LogP contribution >= 0.6 is 0 Å². The molecular formula is C24H41N3O2. The van der Waals surface area contributed by atoms with Crippen LogP contribution in [0.2, 0.25) is 0 Å². The van der Waals surface area contributed by atoms with Gasteiger partial charge in [-0.3, -0.25) is 9.59 Å². The largest absolute Gasteiger partial charge is 0.377 e. The minimum atomic E-state index is -0.454. The normalized spacial score (nSPS) is 12.8. The van der Waals surface area contributed by atoms with Gasteiger partial charge in [0.1, 0.15) is 0 Å². The Labute approximate surface area is 177 Å². The molecule has 0 heterocycles. The fraction of sp³-hybridized carbons (Fsp3) is 0.667. The molecule has 164 valence electrons. The molecule has 0 aliphatic rings. The molecule has 1 aromatic carbocycles. The quantitative estimate of drug-likeness (QED) is 0.652. The summed E-state index contributed by atoms with van der Waals surface area (Å²) in [6.07, 6.45) is 0.490. The molecule has 0 radical (unpaired) electrons. The van der Waals surface area contributed by atoms with E-state index in [-0.39, 0.29) is 17.9 Å². The van der Waals surface area contributed by atoms with Crippen molar-refractivity contribution in [2.45, 2.75) is 74.4 Å². The first-order valence-corrected chi connectivity index (χ1v) is 10.6. The van der Waals surface area contributed by atoms with Gasteiger partial charge in [-0.1, -0.05) is 48.5 Å². The van der Waals surface area contributed by atoms with Gasteiger partial charge in [0.05, 0.1) is 0 Å². The molecule has 1 atom stereocenters. The predicted molar refractivity (Wildman–Crippen MR) is 123 cm³/mol. The lowest BCUT2D eigenvalue weighted by Gasteiger charge is -2.37. The molecule has 0 spiro atoms. The Morgan fingerprint density at radius 3 is 2.07 bits per heavy atom. The lowest BCUT2D eigenvalue weighted by molar-refractivity contribution is -0.143. The number of hydrogen-bond donors (Lipinski definition) is 1. The molecular weight excluding hydrogens is 362 g/mol.